The largest absolute Gasteiger partial charge is 0.416 e. The van der Waals surface area contributed by atoms with Gasteiger partial charge in [0.1, 0.15) is 0 Å². The Balaban J connectivity index is 1.49. The molecule has 0 saturated carbocycles. The maximum absolute atomic E-state index is 13.7. The molecule has 5 nitrogen and oxygen atoms in total. The Bertz CT molecular complexity index is 822. The summed E-state index contributed by atoms with van der Waals surface area (Å²) in [5, 5.41) is 0. The highest BCUT2D eigenvalue weighted by Gasteiger charge is 2.46. The van der Waals surface area contributed by atoms with Crippen molar-refractivity contribution in [3.05, 3.63) is 35.4 Å². The van der Waals surface area contributed by atoms with E-state index in [-0.39, 0.29) is 17.7 Å². The van der Waals surface area contributed by atoms with Crippen LogP contribution in [0.4, 0.5) is 13.2 Å². The molecule has 0 spiro atoms. The molecule has 0 atom stereocenters. The first kappa shape index (κ1) is 23.1. The van der Waals surface area contributed by atoms with E-state index in [9.17, 15) is 22.8 Å². The minimum absolute atomic E-state index is 0.0728. The van der Waals surface area contributed by atoms with Crippen molar-refractivity contribution in [2.45, 2.75) is 56.5 Å². The van der Waals surface area contributed by atoms with Crippen LogP contribution in [0.25, 0.3) is 0 Å². The van der Waals surface area contributed by atoms with Gasteiger partial charge in [0.05, 0.1) is 11.0 Å². The van der Waals surface area contributed by atoms with E-state index in [2.05, 4.69) is 0 Å². The van der Waals surface area contributed by atoms with Crippen LogP contribution in [-0.4, -0.2) is 61.0 Å². The maximum atomic E-state index is 13.7. The van der Waals surface area contributed by atoms with Crippen LogP contribution in [0.3, 0.4) is 0 Å². The Morgan fingerprint density at radius 3 is 2.22 bits per heavy atom. The number of piperidine rings is 2. The lowest BCUT2D eigenvalue weighted by Gasteiger charge is -2.43. The van der Waals surface area contributed by atoms with Gasteiger partial charge in [-0.15, -0.1) is 0 Å². The molecular formula is C24H31F3N2O3. The van der Waals surface area contributed by atoms with E-state index >= 15 is 0 Å². The van der Waals surface area contributed by atoms with E-state index < -0.39 is 17.2 Å². The predicted molar refractivity (Wildman–Crippen MR) is 113 cm³/mol. The van der Waals surface area contributed by atoms with Crippen LogP contribution in [0.2, 0.25) is 0 Å². The fourth-order valence-electron chi connectivity index (χ4n) is 5.34. The van der Waals surface area contributed by atoms with Gasteiger partial charge in [0.25, 0.3) is 0 Å². The van der Waals surface area contributed by atoms with Crippen LogP contribution in [0, 0.1) is 5.92 Å². The Hall–Kier alpha value is -2.09. The molecule has 2 amide bonds. The third kappa shape index (κ3) is 4.65. The molecule has 8 heteroatoms. The van der Waals surface area contributed by atoms with Gasteiger partial charge in [0.15, 0.2) is 0 Å². The molecule has 0 radical (unpaired) electrons. The summed E-state index contributed by atoms with van der Waals surface area (Å²) in [6.07, 6.45) is 0.734. The zero-order valence-electron chi connectivity index (χ0n) is 18.3. The molecule has 3 heterocycles. The van der Waals surface area contributed by atoms with Crippen molar-refractivity contribution in [3.63, 3.8) is 0 Å². The highest BCUT2D eigenvalue weighted by atomic mass is 19.4. The second-order valence-electron chi connectivity index (χ2n) is 9.23. The number of amides is 2. The SMILES string of the molecule is O=C(C1CCN(C(=O)C2(c3cccc(C(F)(F)F)c3)CCOCC2)CC1)N1CCCCC1. The van der Waals surface area contributed by atoms with Crippen molar-refractivity contribution in [1.82, 2.24) is 9.80 Å². The lowest BCUT2D eigenvalue weighted by Crippen LogP contribution is -2.53. The van der Waals surface area contributed by atoms with Crippen LogP contribution in [0.5, 0.6) is 0 Å². The van der Waals surface area contributed by atoms with Crippen LogP contribution >= 0.6 is 0 Å². The van der Waals surface area contributed by atoms with E-state index in [1.54, 1.807) is 11.0 Å². The highest BCUT2D eigenvalue weighted by Crippen LogP contribution is 2.40. The van der Waals surface area contributed by atoms with Gasteiger partial charge in [-0.25, -0.2) is 0 Å². The van der Waals surface area contributed by atoms with Crippen LogP contribution in [-0.2, 0) is 25.9 Å². The molecule has 0 bridgehead atoms. The average molecular weight is 453 g/mol. The number of carbonyl (C=O) groups is 2. The fourth-order valence-corrected chi connectivity index (χ4v) is 5.34. The predicted octanol–water partition coefficient (Wildman–Crippen LogP) is 4.00. The highest BCUT2D eigenvalue weighted by molar-refractivity contribution is 5.89. The standard InChI is InChI=1S/C24H31F3N2O3/c25-24(26,27)20-6-4-5-19(17-20)23(9-15-32-16-10-23)22(31)29-13-7-18(8-14-29)21(30)28-11-2-1-3-12-28/h4-6,17-18H,1-3,7-16H2. The summed E-state index contributed by atoms with van der Waals surface area (Å²) < 4.78 is 45.4. The molecule has 3 aliphatic rings. The van der Waals surface area contributed by atoms with E-state index in [0.717, 1.165) is 44.5 Å². The van der Waals surface area contributed by atoms with Crippen LogP contribution < -0.4 is 0 Å². The number of likely N-dealkylation sites (tertiary alicyclic amines) is 2. The van der Waals surface area contributed by atoms with E-state index in [1.165, 1.54) is 6.07 Å². The zero-order chi connectivity index (χ0) is 22.8. The third-order valence-electron chi connectivity index (χ3n) is 7.30. The third-order valence-corrected chi connectivity index (χ3v) is 7.30. The molecule has 0 N–H and O–H groups in total. The molecule has 1 aromatic rings. The summed E-state index contributed by atoms with van der Waals surface area (Å²) in [7, 11) is 0. The molecule has 0 unspecified atom stereocenters. The van der Waals surface area contributed by atoms with Gasteiger partial charge in [0.2, 0.25) is 11.8 Å². The van der Waals surface area contributed by atoms with Crippen molar-refractivity contribution < 1.29 is 27.5 Å². The molecule has 0 aromatic heterocycles. The lowest BCUT2D eigenvalue weighted by molar-refractivity contribution is -0.146. The molecule has 3 saturated heterocycles. The van der Waals surface area contributed by atoms with E-state index in [4.69, 9.17) is 4.74 Å². The Morgan fingerprint density at radius 1 is 0.938 bits per heavy atom. The number of benzene rings is 1. The van der Waals surface area contributed by atoms with Crippen molar-refractivity contribution in [3.8, 4) is 0 Å². The second-order valence-corrected chi connectivity index (χ2v) is 9.23. The summed E-state index contributed by atoms with van der Waals surface area (Å²) in [4.78, 5) is 30.3. The van der Waals surface area contributed by atoms with Gasteiger partial charge < -0.3 is 14.5 Å². The monoisotopic (exact) mass is 452 g/mol. The van der Waals surface area contributed by atoms with Gasteiger partial charge in [-0.05, 0) is 56.6 Å². The number of alkyl halides is 3. The fraction of sp³-hybridized carbons (Fsp3) is 0.667. The van der Waals surface area contributed by atoms with Gasteiger partial charge in [-0.2, -0.15) is 13.2 Å². The second kappa shape index (κ2) is 9.41. The topological polar surface area (TPSA) is 49.9 Å². The number of rotatable bonds is 3. The average Bonchev–Trinajstić information content (AvgIpc) is 2.84. The number of hydrogen-bond donors (Lipinski definition) is 0. The maximum Gasteiger partial charge on any atom is 0.416 e. The van der Waals surface area contributed by atoms with Gasteiger partial charge in [-0.1, -0.05) is 18.2 Å². The van der Waals surface area contributed by atoms with Crippen molar-refractivity contribution in [1.29, 1.82) is 0 Å². The van der Waals surface area contributed by atoms with Crippen LogP contribution in [0.15, 0.2) is 24.3 Å². The van der Waals surface area contributed by atoms with Crippen molar-refractivity contribution in [2.75, 3.05) is 39.4 Å². The van der Waals surface area contributed by atoms with Gasteiger partial charge in [-0.3, -0.25) is 9.59 Å². The quantitative estimate of drug-likeness (QED) is 0.697. The van der Waals surface area contributed by atoms with Crippen molar-refractivity contribution >= 4 is 11.8 Å². The molecular weight excluding hydrogens is 421 g/mol. The van der Waals surface area contributed by atoms with Gasteiger partial charge >= 0.3 is 6.18 Å². The van der Waals surface area contributed by atoms with E-state index in [0.29, 0.717) is 57.6 Å². The number of nitrogens with zero attached hydrogens (tertiary/aromatic N) is 2. The molecule has 4 rings (SSSR count). The molecule has 3 fully saturated rings. The first-order valence-corrected chi connectivity index (χ1v) is 11.6. The number of ether oxygens (including phenoxy) is 1. The Morgan fingerprint density at radius 2 is 1.59 bits per heavy atom. The zero-order valence-corrected chi connectivity index (χ0v) is 18.3. The molecule has 32 heavy (non-hydrogen) atoms. The lowest BCUT2D eigenvalue weighted by atomic mass is 9.72. The van der Waals surface area contributed by atoms with Crippen LogP contribution in [0.1, 0.15) is 56.1 Å². The summed E-state index contributed by atoms with van der Waals surface area (Å²) in [6.45, 7) is 3.24. The smallest absolute Gasteiger partial charge is 0.381 e. The first-order chi connectivity index (χ1) is 15.3. The normalized spacial score (nSPS) is 22.6. The minimum atomic E-state index is -4.46. The molecule has 1 aromatic carbocycles. The number of halogens is 3. The van der Waals surface area contributed by atoms with E-state index in [1.807, 2.05) is 4.90 Å². The summed E-state index contributed by atoms with van der Waals surface area (Å²) in [6, 6.07) is 5.17. The molecule has 176 valence electrons. The molecule has 3 aliphatic heterocycles. The Labute approximate surface area is 186 Å². The number of hydrogen-bond acceptors (Lipinski definition) is 3. The Kier molecular flexibility index (Phi) is 6.79. The summed E-state index contributed by atoms with van der Waals surface area (Å²) >= 11 is 0. The van der Waals surface area contributed by atoms with Gasteiger partial charge in [0, 0.05) is 45.3 Å². The minimum Gasteiger partial charge on any atom is -0.381 e. The first-order valence-electron chi connectivity index (χ1n) is 11.6. The summed E-state index contributed by atoms with van der Waals surface area (Å²) in [5.74, 6) is -0.0178. The molecule has 0 aliphatic carbocycles. The summed E-state index contributed by atoms with van der Waals surface area (Å²) in [5.41, 5.74) is -1.34. The van der Waals surface area contributed by atoms with Crippen molar-refractivity contribution in [2.24, 2.45) is 5.92 Å². The number of carbonyl (C=O) groups excluding carboxylic acids is 2.